The molecule has 4 heteroatoms. The van der Waals surface area contributed by atoms with Crippen LogP contribution in [0.1, 0.15) is 37.4 Å². The molecule has 1 aliphatic rings. The third kappa shape index (κ3) is 2.41. The van der Waals surface area contributed by atoms with Crippen molar-refractivity contribution in [1.29, 1.82) is 0 Å². The summed E-state index contributed by atoms with van der Waals surface area (Å²) in [6.45, 7) is 6.34. The van der Waals surface area contributed by atoms with Gasteiger partial charge in [0.2, 0.25) is 5.95 Å². The molecule has 0 amide bonds. The molecular formula is C13H21N3O. The van der Waals surface area contributed by atoms with E-state index in [0.29, 0.717) is 5.95 Å². The first-order valence-corrected chi connectivity index (χ1v) is 6.23. The molecule has 0 aliphatic heterocycles. The zero-order chi connectivity index (χ0) is 12.5. The first-order valence-electron chi connectivity index (χ1n) is 6.23. The Morgan fingerprint density at radius 2 is 2.29 bits per heavy atom. The van der Waals surface area contributed by atoms with Crippen LogP contribution in [0.3, 0.4) is 0 Å². The van der Waals surface area contributed by atoms with E-state index in [-0.39, 0.29) is 18.1 Å². The van der Waals surface area contributed by atoms with E-state index in [0.717, 1.165) is 30.5 Å². The summed E-state index contributed by atoms with van der Waals surface area (Å²) in [4.78, 5) is 8.73. The Balaban J connectivity index is 2.12. The molecule has 0 radical (unpaired) electrons. The van der Waals surface area contributed by atoms with Crippen LogP contribution < -0.4 is 5.32 Å². The standard InChI is InChI=1S/C13H21N3O/c1-9-7-14-12(15-10(9)2)16-11-5-4-6-13(11,3)8-17/h7,11,17H,4-6,8H2,1-3H3,(H,14,15,16)/t11-,13+/m1/s1. The van der Waals surface area contributed by atoms with Gasteiger partial charge in [0, 0.05) is 23.3 Å². The predicted molar refractivity (Wildman–Crippen MR) is 68.0 cm³/mol. The fraction of sp³-hybridized carbons (Fsp3) is 0.692. The number of aromatic nitrogens is 2. The lowest BCUT2D eigenvalue weighted by Crippen LogP contribution is -2.37. The fourth-order valence-electron chi connectivity index (χ4n) is 2.42. The van der Waals surface area contributed by atoms with Crippen LogP contribution in [0.25, 0.3) is 0 Å². The van der Waals surface area contributed by atoms with Gasteiger partial charge in [-0.2, -0.15) is 0 Å². The summed E-state index contributed by atoms with van der Waals surface area (Å²) in [7, 11) is 0. The van der Waals surface area contributed by atoms with E-state index in [1.807, 2.05) is 20.0 Å². The highest BCUT2D eigenvalue weighted by Crippen LogP contribution is 2.38. The summed E-state index contributed by atoms with van der Waals surface area (Å²) in [6, 6.07) is 0.273. The second-order valence-corrected chi connectivity index (χ2v) is 5.36. The van der Waals surface area contributed by atoms with Crippen LogP contribution in [0.5, 0.6) is 0 Å². The molecule has 2 rings (SSSR count). The highest BCUT2D eigenvalue weighted by atomic mass is 16.3. The van der Waals surface area contributed by atoms with Crippen molar-refractivity contribution in [2.24, 2.45) is 5.41 Å². The molecule has 0 spiro atoms. The largest absolute Gasteiger partial charge is 0.396 e. The van der Waals surface area contributed by atoms with Crippen LogP contribution in [0, 0.1) is 19.3 Å². The first-order chi connectivity index (χ1) is 8.05. The van der Waals surface area contributed by atoms with Crippen LogP contribution in [0.4, 0.5) is 5.95 Å². The smallest absolute Gasteiger partial charge is 0.223 e. The number of aliphatic hydroxyl groups excluding tert-OH is 1. The van der Waals surface area contributed by atoms with E-state index in [4.69, 9.17) is 0 Å². The Morgan fingerprint density at radius 3 is 2.94 bits per heavy atom. The molecule has 1 aromatic rings. The van der Waals surface area contributed by atoms with Crippen LogP contribution in [-0.4, -0.2) is 27.7 Å². The maximum Gasteiger partial charge on any atom is 0.223 e. The molecule has 1 heterocycles. The van der Waals surface area contributed by atoms with Gasteiger partial charge in [0.1, 0.15) is 0 Å². The maximum absolute atomic E-state index is 9.49. The summed E-state index contributed by atoms with van der Waals surface area (Å²) >= 11 is 0. The molecule has 0 saturated heterocycles. The Morgan fingerprint density at radius 1 is 1.53 bits per heavy atom. The molecule has 1 saturated carbocycles. The van der Waals surface area contributed by atoms with Gasteiger partial charge in [0.05, 0.1) is 6.61 Å². The second kappa shape index (κ2) is 4.61. The van der Waals surface area contributed by atoms with Gasteiger partial charge < -0.3 is 10.4 Å². The summed E-state index contributed by atoms with van der Waals surface area (Å²) in [5.74, 6) is 0.680. The average molecular weight is 235 g/mol. The van der Waals surface area contributed by atoms with E-state index in [9.17, 15) is 5.11 Å². The van der Waals surface area contributed by atoms with Crippen molar-refractivity contribution in [3.05, 3.63) is 17.5 Å². The molecule has 17 heavy (non-hydrogen) atoms. The number of nitrogens with zero attached hydrogens (tertiary/aromatic N) is 2. The summed E-state index contributed by atoms with van der Waals surface area (Å²) < 4.78 is 0. The Kier molecular flexibility index (Phi) is 3.33. The minimum atomic E-state index is -0.0395. The number of anilines is 1. The summed E-state index contributed by atoms with van der Waals surface area (Å²) in [6.07, 6.45) is 5.13. The van der Waals surface area contributed by atoms with Crippen LogP contribution in [0.15, 0.2) is 6.20 Å². The molecular weight excluding hydrogens is 214 g/mol. The van der Waals surface area contributed by atoms with E-state index < -0.39 is 0 Å². The maximum atomic E-state index is 9.49. The monoisotopic (exact) mass is 235 g/mol. The average Bonchev–Trinajstić information content (AvgIpc) is 2.67. The van der Waals surface area contributed by atoms with Crippen molar-refractivity contribution in [2.45, 2.75) is 46.1 Å². The lowest BCUT2D eigenvalue weighted by Gasteiger charge is -2.30. The highest BCUT2D eigenvalue weighted by Gasteiger charge is 2.38. The number of hydrogen-bond acceptors (Lipinski definition) is 4. The summed E-state index contributed by atoms with van der Waals surface area (Å²) in [5.41, 5.74) is 2.07. The number of hydrogen-bond donors (Lipinski definition) is 2. The molecule has 1 fully saturated rings. The van der Waals surface area contributed by atoms with Crippen molar-refractivity contribution >= 4 is 5.95 Å². The van der Waals surface area contributed by atoms with Gasteiger partial charge in [-0.15, -0.1) is 0 Å². The normalized spacial score (nSPS) is 28.4. The van der Waals surface area contributed by atoms with E-state index in [1.54, 1.807) is 0 Å². The molecule has 0 unspecified atom stereocenters. The number of rotatable bonds is 3. The second-order valence-electron chi connectivity index (χ2n) is 5.36. The van der Waals surface area contributed by atoms with Gasteiger partial charge in [-0.1, -0.05) is 13.3 Å². The van der Waals surface area contributed by atoms with Crippen LogP contribution in [0.2, 0.25) is 0 Å². The zero-order valence-corrected chi connectivity index (χ0v) is 10.8. The van der Waals surface area contributed by atoms with Crippen molar-refractivity contribution in [2.75, 3.05) is 11.9 Å². The number of aliphatic hydroxyl groups is 1. The van der Waals surface area contributed by atoms with Crippen LogP contribution in [-0.2, 0) is 0 Å². The molecule has 0 aromatic carbocycles. The minimum Gasteiger partial charge on any atom is -0.396 e. The molecule has 1 aliphatic carbocycles. The Bertz CT molecular complexity index is 408. The molecule has 2 atom stereocenters. The van der Waals surface area contributed by atoms with Gasteiger partial charge in [-0.25, -0.2) is 9.97 Å². The molecule has 0 bridgehead atoms. The summed E-state index contributed by atoms with van der Waals surface area (Å²) in [5, 5.41) is 12.9. The Hall–Kier alpha value is -1.16. The van der Waals surface area contributed by atoms with E-state index in [1.165, 1.54) is 0 Å². The zero-order valence-electron chi connectivity index (χ0n) is 10.8. The third-order valence-corrected chi connectivity index (χ3v) is 3.97. The SMILES string of the molecule is Cc1cnc(N[C@@H]2CCC[C@@]2(C)CO)nc1C. The molecule has 4 nitrogen and oxygen atoms in total. The molecule has 2 N–H and O–H groups in total. The van der Waals surface area contributed by atoms with Crippen LogP contribution >= 0.6 is 0 Å². The van der Waals surface area contributed by atoms with E-state index >= 15 is 0 Å². The number of nitrogens with one attached hydrogen (secondary N) is 1. The minimum absolute atomic E-state index is 0.0395. The predicted octanol–water partition coefficient (Wildman–Crippen LogP) is 2.06. The van der Waals surface area contributed by atoms with E-state index in [2.05, 4.69) is 22.2 Å². The third-order valence-electron chi connectivity index (χ3n) is 3.97. The Labute approximate surface area is 102 Å². The van der Waals surface area contributed by atoms with Gasteiger partial charge >= 0.3 is 0 Å². The van der Waals surface area contributed by atoms with Crippen molar-refractivity contribution in [3.63, 3.8) is 0 Å². The first kappa shape index (κ1) is 12.3. The van der Waals surface area contributed by atoms with Crippen molar-refractivity contribution in [3.8, 4) is 0 Å². The topological polar surface area (TPSA) is 58.0 Å². The van der Waals surface area contributed by atoms with Gasteiger partial charge in [-0.05, 0) is 32.3 Å². The fourth-order valence-corrected chi connectivity index (χ4v) is 2.42. The molecule has 1 aromatic heterocycles. The van der Waals surface area contributed by atoms with Gasteiger partial charge in [0.15, 0.2) is 0 Å². The molecule has 94 valence electrons. The lowest BCUT2D eigenvalue weighted by molar-refractivity contribution is 0.138. The van der Waals surface area contributed by atoms with Crippen molar-refractivity contribution < 1.29 is 5.11 Å². The quantitative estimate of drug-likeness (QED) is 0.842. The lowest BCUT2D eigenvalue weighted by atomic mass is 9.86. The van der Waals surface area contributed by atoms with Gasteiger partial charge in [0.25, 0.3) is 0 Å². The number of aryl methyl sites for hydroxylation is 2. The van der Waals surface area contributed by atoms with Gasteiger partial charge in [-0.3, -0.25) is 0 Å². The van der Waals surface area contributed by atoms with Crippen molar-refractivity contribution in [1.82, 2.24) is 9.97 Å². The highest BCUT2D eigenvalue weighted by molar-refractivity contribution is 5.31.